The number of rotatable bonds is 5. The molecule has 0 amide bonds. The van der Waals surface area contributed by atoms with Gasteiger partial charge in [-0.2, -0.15) is 13.2 Å². The molecular formula is C13H17ClF3N. The Balaban J connectivity index is 2.65. The third-order valence-electron chi connectivity index (χ3n) is 3.08. The van der Waals surface area contributed by atoms with E-state index in [9.17, 15) is 13.2 Å². The Kier molecular flexibility index (Phi) is 5.05. The van der Waals surface area contributed by atoms with E-state index < -0.39 is 11.7 Å². The quantitative estimate of drug-likeness (QED) is 0.797. The molecule has 1 atom stereocenters. The van der Waals surface area contributed by atoms with Gasteiger partial charge in [0.25, 0.3) is 0 Å². The number of benzene rings is 1. The van der Waals surface area contributed by atoms with E-state index in [4.69, 9.17) is 11.6 Å². The Hall–Kier alpha value is -0.740. The van der Waals surface area contributed by atoms with Crippen molar-refractivity contribution in [2.24, 2.45) is 0 Å². The highest BCUT2D eigenvalue weighted by Gasteiger charge is 2.30. The van der Waals surface area contributed by atoms with Crippen LogP contribution in [-0.4, -0.2) is 11.4 Å². The first-order chi connectivity index (χ1) is 8.30. The fourth-order valence-corrected chi connectivity index (χ4v) is 1.68. The Labute approximate surface area is 110 Å². The van der Waals surface area contributed by atoms with Crippen LogP contribution in [0.15, 0.2) is 24.3 Å². The maximum atomic E-state index is 12.4. The molecule has 1 rings (SSSR count). The molecule has 0 heterocycles. The van der Waals surface area contributed by atoms with Crippen molar-refractivity contribution >= 4 is 11.6 Å². The van der Waals surface area contributed by atoms with Crippen molar-refractivity contribution < 1.29 is 13.2 Å². The molecule has 0 aliphatic carbocycles. The average Bonchev–Trinajstić information content (AvgIpc) is 2.35. The van der Waals surface area contributed by atoms with Crippen molar-refractivity contribution in [3.63, 3.8) is 0 Å². The summed E-state index contributed by atoms with van der Waals surface area (Å²) in [6.07, 6.45) is -3.42. The van der Waals surface area contributed by atoms with Gasteiger partial charge in [0.2, 0.25) is 0 Å². The molecular weight excluding hydrogens is 263 g/mol. The van der Waals surface area contributed by atoms with Crippen molar-refractivity contribution in [3.8, 4) is 0 Å². The topological polar surface area (TPSA) is 12.0 Å². The SMILES string of the molecule is CCC(C)(CCl)NCc1ccc(C(F)(F)F)cc1. The van der Waals surface area contributed by atoms with E-state index in [0.717, 1.165) is 24.1 Å². The molecule has 1 N–H and O–H groups in total. The van der Waals surface area contributed by atoms with Crippen molar-refractivity contribution in [2.75, 3.05) is 5.88 Å². The van der Waals surface area contributed by atoms with Gasteiger partial charge in [0.05, 0.1) is 5.56 Å². The minimum atomic E-state index is -4.28. The lowest BCUT2D eigenvalue weighted by atomic mass is 10.0. The standard InChI is InChI=1S/C13H17ClF3N/c1-3-12(2,9-14)18-8-10-4-6-11(7-5-10)13(15,16)17/h4-7,18H,3,8-9H2,1-2H3. The van der Waals surface area contributed by atoms with Crippen LogP contribution in [0.5, 0.6) is 0 Å². The molecule has 0 spiro atoms. The second kappa shape index (κ2) is 5.93. The summed E-state index contributed by atoms with van der Waals surface area (Å²) in [4.78, 5) is 0. The Bertz CT molecular complexity index is 369. The molecule has 0 radical (unpaired) electrons. The highest BCUT2D eigenvalue weighted by Crippen LogP contribution is 2.29. The molecule has 18 heavy (non-hydrogen) atoms. The maximum Gasteiger partial charge on any atom is 0.416 e. The van der Waals surface area contributed by atoms with Gasteiger partial charge in [-0.3, -0.25) is 0 Å². The van der Waals surface area contributed by atoms with Gasteiger partial charge in [-0.15, -0.1) is 11.6 Å². The van der Waals surface area contributed by atoms with E-state index in [1.54, 1.807) is 0 Å². The van der Waals surface area contributed by atoms with Gasteiger partial charge >= 0.3 is 6.18 Å². The van der Waals surface area contributed by atoms with Crippen molar-refractivity contribution in [2.45, 2.75) is 38.5 Å². The van der Waals surface area contributed by atoms with Crippen LogP contribution in [0.1, 0.15) is 31.4 Å². The predicted molar refractivity (Wildman–Crippen MR) is 67.7 cm³/mol. The molecule has 0 aromatic heterocycles. The lowest BCUT2D eigenvalue weighted by Crippen LogP contribution is -2.42. The van der Waals surface area contributed by atoms with E-state index in [-0.39, 0.29) is 5.54 Å². The van der Waals surface area contributed by atoms with E-state index >= 15 is 0 Å². The Morgan fingerprint density at radius 3 is 2.11 bits per heavy atom. The normalized spacial score (nSPS) is 15.4. The number of nitrogens with one attached hydrogen (secondary N) is 1. The summed E-state index contributed by atoms with van der Waals surface area (Å²) < 4.78 is 37.1. The van der Waals surface area contributed by atoms with Gasteiger partial charge in [0, 0.05) is 18.0 Å². The number of hydrogen-bond donors (Lipinski definition) is 1. The first-order valence-electron chi connectivity index (χ1n) is 5.78. The number of halogens is 4. The first kappa shape index (κ1) is 15.3. The van der Waals surface area contributed by atoms with Crippen LogP contribution in [0.4, 0.5) is 13.2 Å². The van der Waals surface area contributed by atoms with Crippen LogP contribution in [0.25, 0.3) is 0 Å². The lowest BCUT2D eigenvalue weighted by molar-refractivity contribution is -0.137. The van der Waals surface area contributed by atoms with Crippen LogP contribution in [0.3, 0.4) is 0 Å². The molecule has 0 aliphatic rings. The molecule has 1 unspecified atom stereocenters. The fourth-order valence-electron chi connectivity index (χ4n) is 1.39. The summed E-state index contributed by atoms with van der Waals surface area (Å²) in [6, 6.07) is 5.17. The third kappa shape index (κ3) is 4.18. The molecule has 0 aliphatic heterocycles. The second-order valence-corrected chi connectivity index (χ2v) is 4.86. The molecule has 0 saturated carbocycles. The van der Waals surface area contributed by atoms with E-state index in [1.807, 2.05) is 13.8 Å². The summed E-state index contributed by atoms with van der Waals surface area (Å²) in [7, 11) is 0. The smallest absolute Gasteiger partial charge is 0.306 e. The predicted octanol–water partition coefficient (Wildman–Crippen LogP) is 4.20. The molecule has 0 fully saturated rings. The van der Waals surface area contributed by atoms with Crippen molar-refractivity contribution in [1.82, 2.24) is 5.32 Å². The van der Waals surface area contributed by atoms with E-state index in [0.29, 0.717) is 12.4 Å². The summed E-state index contributed by atoms with van der Waals surface area (Å²) in [6.45, 7) is 4.52. The summed E-state index contributed by atoms with van der Waals surface area (Å²) in [5, 5.41) is 3.26. The highest BCUT2D eigenvalue weighted by atomic mass is 35.5. The average molecular weight is 280 g/mol. The summed E-state index contributed by atoms with van der Waals surface area (Å²) in [5.41, 5.74) is -0.000744. The lowest BCUT2D eigenvalue weighted by Gasteiger charge is -2.27. The maximum absolute atomic E-state index is 12.4. The first-order valence-corrected chi connectivity index (χ1v) is 6.31. The monoisotopic (exact) mass is 279 g/mol. The molecule has 102 valence electrons. The van der Waals surface area contributed by atoms with Crippen LogP contribution >= 0.6 is 11.6 Å². The molecule has 5 heteroatoms. The van der Waals surface area contributed by atoms with Gasteiger partial charge in [-0.05, 0) is 31.0 Å². The van der Waals surface area contributed by atoms with Gasteiger partial charge in [-0.1, -0.05) is 19.1 Å². The molecule has 0 bridgehead atoms. The zero-order chi connectivity index (χ0) is 13.8. The summed E-state index contributed by atoms with van der Waals surface area (Å²) >= 11 is 5.85. The van der Waals surface area contributed by atoms with Crippen LogP contribution < -0.4 is 5.32 Å². The molecule has 1 aromatic rings. The third-order valence-corrected chi connectivity index (χ3v) is 3.67. The van der Waals surface area contributed by atoms with Crippen LogP contribution in [-0.2, 0) is 12.7 Å². The Morgan fingerprint density at radius 1 is 1.17 bits per heavy atom. The largest absolute Gasteiger partial charge is 0.416 e. The van der Waals surface area contributed by atoms with Crippen molar-refractivity contribution in [1.29, 1.82) is 0 Å². The van der Waals surface area contributed by atoms with E-state index in [2.05, 4.69) is 5.32 Å². The Morgan fingerprint density at radius 2 is 1.72 bits per heavy atom. The van der Waals surface area contributed by atoms with Gasteiger partial charge < -0.3 is 5.32 Å². The summed E-state index contributed by atoms with van der Waals surface area (Å²) in [5.74, 6) is 0.462. The molecule has 0 saturated heterocycles. The van der Waals surface area contributed by atoms with E-state index in [1.165, 1.54) is 12.1 Å². The zero-order valence-electron chi connectivity index (χ0n) is 10.4. The highest BCUT2D eigenvalue weighted by molar-refractivity contribution is 6.18. The number of alkyl halides is 4. The van der Waals surface area contributed by atoms with Gasteiger partial charge in [0.15, 0.2) is 0 Å². The van der Waals surface area contributed by atoms with Gasteiger partial charge in [-0.25, -0.2) is 0 Å². The van der Waals surface area contributed by atoms with Crippen LogP contribution in [0, 0.1) is 0 Å². The zero-order valence-corrected chi connectivity index (χ0v) is 11.2. The molecule has 1 aromatic carbocycles. The minimum absolute atomic E-state index is 0.190. The van der Waals surface area contributed by atoms with Gasteiger partial charge in [0.1, 0.15) is 0 Å². The fraction of sp³-hybridized carbons (Fsp3) is 0.538. The number of hydrogen-bond acceptors (Lipinski definition) is 1. The molecule has 1 nitrogen and oxygen atoms in total. The second-order valence-electron chi connectivity index (χ2n) is 4.60. The minimum Gasteiger partial charge on any atom is -0.306 e. The van der Waals surface area contributed by atoms with Crippen molar-refractivity contribution in [3.05, 3.63) is 35.4 Å². The van der Waals surface area contributed by atoms with Crippen LogP contribution in [0.2, 0.25) is 0 Å².